The molecule has 3 nitrogen and oxygen atoms in total. The van der Waals surface area contributed by atoms with Crippen molar-refractivity contribution < 1.29 is 4.42 Å². The molecule has 6 atom stereocenters. The first kappa shape index (κ1) is 38.2. The molecule has 2 heterocycles. The van der Waals surface area contributed by atoms with Gasteiger partial charge in [-0.2, -0.15) is 0 Å². The van der Waals surface area contributed by atoms with Gasteiger partial charge < -0.3 is 13.9 Å². The highest BCUT2D eigenvalue weighted by Crippen LogP contribution is 2.69. The Labute approximate surface area is 387 Å². The van der Waals surface area contributed by atoms with Crippen LogP contribution in [-0.2, 0) is 23.7 Å². The van der Waals surface area contributed by atoms with E-state index < -0.39 is 0 Å². The minimum Gasteiger partial charge on any atom is -0.454 e. The Morgan fingerprint density at radius 3 is 2.45 bits per heavy atom. The summed E-state index contributed by atoms with van der Waals surface area (Å²) in [6.45, 7) is 4.87. The van der Waals surface area contributed by atoms with Crippen molar-refractivity contribution >= 4 is 51.0 Å². The number of nitrogens with zero attached hydrogens (tertiary/aromatic N) is 2. The van der Waals surface area contributed by atoms with E-state index in [1.165, 1.54) is 56.2 Å². The predicted octanol–water partition coefficient (Wildman–Crippen LogP) is 15.5. The third-order valence-electron chi connectivity index (χ3n) is 16.6. The summed E-state index contributed by atoms with van der Waals surface area (Å²) < 4.78 is 9.41. The minimum atomic E-state index is -0.190. The molecule has 7 aliphatic carbocycles. The zero-order valence-electron chi connectivity index (χ0n) is 37.6. The molecular formula is C63H52N2O. The molecular weight excluding hydrogens is 801 g/mol. The lowest BCUT2D eigenvalue weighted by Crippen LogP contribution is -2.42. The normalized spacial score (nSPS) is 26.3. The van der Waals surface area contributed by atoms with Crippen LogP contribution in [0.3, 0.4) is 0 Å². The molecule has 320 valence electrons. The van der Waals surface area contributed by atoms with Crippen LogP contribution in [0.5, 0.6) is 0 Å². The van der Waals surface area contributed by atoms with Crippen molar-refractivity contribution in [1.29, 1.82) is 0 Å². The van der Waals surface area contributed by atoms with Gasteiger partial charge >= 0.3 is 0 Å². The van der Waals surface area contributed by atoms with Crippen LogP contribution in [0.4, 0.5) is 11.4 Å². The van der Waals surface area contributed by atoms with Gasteiger partial charge in [-0.05, 0) is 119 Å². The molecule has 0 fully saturated rings. The second-order valence-corrected chi connectivity index (χ2v) is 20.0. The quantitative estimate of drug-likeness (QED) is 0.172. The second kappa shape index (κ2) is 14.2. The Morgan fingerprint density at radius 1 is 0.742 bits per heavy atom. The monoisotopic (exact) mass is 852 g/mol. The van der Waals surface area contributed by atoms with E-state index in [0.717, 1.165) is 65.4 Å². The number of rotatable bonds is 5. The van der Waals surface area contributed by atoms with Crippen LogP contribution in [0.15, 0.2) is 203 Å². The van der Waals surface area contributed by atoms with Crippen molar-refractivity contribution in [1.82, 2.24) is 4.57 Å². The van der Waals surface area contributed by atoms with E-state index in [-0.39, 0.29) is 16.7 Å². The van der Waals surface area contributed by atoms with E-state index >= 15 is 0 Å². The number of hydrogen-bond acceptors (Lipinski definition) is 2. The first-order valence-electron chi connectivity index (χ1n) is 24.3. The SMILES string of the molecule is CC1C=CC=C2c3ccccc3C3(C4=C(CCC=C4)C4C=CC(N(c5ccc(C6(C)C=Cc7c8c(n(-c9ccccc9)c7C6)C=CCC8)cc5)c5cccc6c5oc5ccccc56)=CC43)C21. The van der Waals surface area contributed by atoms with Gasteiger partial charge in [-0.25, -0.2) is 0 Å². The maximum absolute atomic E-state index is 6.87. The average Bonchev–Trinajstić information content (AvgIpc) is 4.09. The van der Waals surface area contributed by atoms with Gasteiger partial charge in [0.1, 0.15) is 5.58 Å². The van der Waals surface area contributed by atoms with Gasteiger partial charge in [0.05, 0.1) is 5.69 Å². The molecule has 0 N–H and O–H groups in total. The van der Waals surface area contributed by atoms with E-state index in [0.29, 0.717) is 17.8 Å². The third-order valence-corrected chi connectivity index (χ3v) is 16.6. The van der Waals surface area contributed by atoms with E-state index in [4.69, 9.17) is 4.42 Å². The molecule has 6 unspecified atom stereocenters. The lowest BCUT2D eigenvalue weighted by Gasteiger charge is -2.45. The molecule has 3 heteroatoms. The van der Waals surface area contributed by atoms with Gasteiger partial charge in [0.25, 0.3) is 0 Å². The Morgan fingerprint density at radius 2 is 1.55 bits per heavy atom. The summed E-state index contributed by atoms with van der Waals surface area (Å²) in [5, 5.41) is 2.28. The lowest BCUT2D eigenvalue weighted by atomic mass is 9.58. The zero-order valence-corrected chi connectivity index (χ0v) is 37.6. The predicted molar refractivity (Wildman–Crippen MR) is 273 cm³/mol. The Bertz CT molecular complexity index is 3450. The summed E-state index contributed by atoms with van der Waals surface area (Å²) in [7, 11) is 0. The van der Waals surface area contributed by atoms with Crippen LogP contribution >= 0.6 is 0 Å². The van der Waals surface area contributed by atoms with Crippen molar-refractivity contribution in [3.8, 4) is 5.69 Å². The topological polar surface area (TPSA) is 21.3 Å². The number of aromatic nitrogens is 1. The van der Waals surface area contributed by atoms with Crippen molar-refractivity contribution in [2.24, 2.45) is 23.7 Å². The molecule has 5 aromatic carbocycles. The molecule has 7 aromatic rings. The van der Waals surface area contributed by atoms with Crippen molar-refractivity contribution in [2.75, 3.05) is 4.90 Å². The van der Waals surface area contributed by atoms with Crippen LogP contribution in [-0.4, -0.2) is 4.57 Å². The fourth-order valence-corrected chi connectivity index (χ4v) is 13.9. The van der Waals surface area contributed by atoms with E-state index in [1.54, 1.807) is 11.1 Å². The molecule has 0 saturated carbocycles. The maximum atomic E-state index is 6.87. The largest absolute Gasteiger partial charge is 0.454 e. The smallest absolute Gasteiger partial charge is 0.159 e. The van der Waals surface area contributed by atoms with E-state index in [1.807, 2.05) is 0 Å². The molecule has 0 amide bonds. The van der Waals surface area contributed by atoms with E-state index in [9.17, 15) is 0 Å². The van der Waals surface area contributed by atoms with Gasteiger partial charge in [0.2, 0.25) is 0 Å². The number of hydrogen-bond donors (Lipinski definition) is 0. The average molecular weight is 853 g/mol. The molecule has 7 aliphatic rings. The van der Waals surface area contributed by atoms with Gasteiger partial charge in [-0.1, -0.05) is 165 Å². The van der Waals surface area contributed by atoms with Crippen LogP contribution in [0.25, 0.3) is 45.4 Å². The molecule has 66 heavy (non-hydrogen) atoms. The first-order chi connectivity index (χ1) is 32.5. The van der Waals surface area contributed by atoms with Crippen LogP contribution in [0.1, 0.15) is 72.3 Å². The number of allylic oxidation sites excluding steroid dienone is 13. The molecule has 0 radical (unpaired) electrons. The molecule has 0 bridgehead atoms. The van der Waals surface area contributed by atoms with Gasteiger partial charge in [-0.3, -0.25) is 0 Å². The zero-order chi connectivity index (χ0) is 43.7. The maximum Gasteiger partial charge on any atom is 0.159 e. The van der Waals surface area contributed by atoms with Crippen LogP contribution < -0.4 is 4.90 Å². The second-order valence-electron chi connectivity index (χ2n) is 20.0. The standard InChI is InChI=1S/C63H52N2O/c1-40-16-14-23-51-46-20-7-11-26-54(46)63(60(40)51)53-25-10-6-19-45(53)47-35-34-44(38-55(47)63)64(57-28-15-24-52-50-22-9-13-29-59(50)66-61(52)57)43-32-30-41(31-33-43)62(2)37-36-49-48-21-8-12-27-56(48)65(58(49)39-62)42-17-4-3-5-18-42/h3-5,7,9-18,20,22-38,40,47,55,60H,6,8,19,21,39H2,1-2H3. The number of para-hydroxylation sites is 3. The number of anilines is 2. The number of fused-ring (bicyclic) bond motifs is 15. The van der Waals surface area contributed by atoms with Gasteiger partial charge in [0, 0.05) is 74.2 Å². The summed E-state index contributed by atoms with van der Waals surface area (Å²) in [6.07, 6.45) is 34.8. The summed E-state index contributed by atoms with van der Waals surface area (Å²) >= 11 is 0. The molecule has 14 rings (SSSR count). The highest BCUT2D eigenvalue weighted by Gasteiger charge is 2.62. The highest BCUT2D eigenvalue weighted by molar-refractivity contribution is 6.10. The molecule has 0 saturated heterocycles. The fraction of sp³-hybridized carbons (Fsp3) is 0.206. The summed E-state index contributed by atoms with van der Waals surface area (Å²) in [5.41, 5.74) is 20.7. The van der Waals surface area contributed by atoms with Crippen molar-refractivity contribution in [3.05, 3.63) is 238 Å². The van der Waals surface area contributed by atoms with Crippen LogP contribution in [0.2, 0.25) is 0 Å². The fourth-order valence-electron chi connectivity index (χ4n) is 13.9. The van der Waals surface area contributed by atoms with Gasteiger partial charge in [-0.15, -0.1) is 0 Å². The van der Waals surface area contributed by atoms with E-state index in [2.05, 4.69) is 218 Å². The molecule has 2 aromatic heterocycles. The summed E-state index contributed by atoms with van der Waals surface area (Å²) in [6, 6.07) is 45.0. The van der Waals surface area contributed by atoms with Gasteiger partial charge in [0.15, 0.2) is 5.58 Å². The minimum absolute atomic E-state index is 0.173. The summed E-state index contributed by atoms with van der Waals surface area (Å²) in [4.78, 5) is 2.50. The molecule has 0 aliphatic heterocycles. The Kier molecular flexibility index (Phi) is 8.22. The third kappa shape index (κ3) is 5.20. The lowest BCUT2D eigenvalue weighted by molar-refractivity contribution is 0.266. The number of furan rings is 1. The van der Waals surface area contributed by atoms with Crippen LogP contribution in [0, 0.1) is 23.7 Å². The summed E-state index contributed by atoms with van der Waals surface area (Å²) in [5.74, 6) is 1.34. The first-order valence-corrected chi connectivity index (χ1v) is 24.3. The van der Waals surface area contributed by atoms with Crippen molar-refractivity contribution in [3.63, 3.8) is 0 Å². The Hall–Kier alpha value is -7.10. The molecule has 1 spiro atoms. The van der Waals surface area contributed by atoms with Crippen molar-refractivity contribution in [2.45, 2.75) is 56.8 Å². The highest BCUT2D eigenvalue weighted by atomic mass is 16.3. The Balaban J connectivity index is 0.925. The number of benzene rings is 5.